The van der Waals surface area contributed by atoms with Gasteiger partial charge in [0, 0.05) is 50.8 Å². The van der Waals surface area contributed by atoms with Crippen molar-refractivity contribution < 1.29 is 4.79 Å². The molecular formula is C22H33N5O. The van der Waals surface area contributed by atoms with Crippen LogP contribution in [0.15, 0.2) is 18.2 Å². The van der Waals surface area contributed by atoms with Crippen molar-refractivity contribution in [2.24, 2.45) is 11.8 Å². The molecule has 0 unspecified atom stereocenters. The summed E-state index contributed by atoms with van der Waals surface area (Å²) in [5.74, 6) is 0.881. The van der Waals surface area contributed by atoms with Crippen molar-refractivity contribution in [3.05, 3.63) is 29.3 Å². The number of nitrogens with zero attached hydrogens (tertiary/aromatic N) is 2. The Bertz CT molecular complexity index is 701. The van der Waals surface area contributed by atoms with E-state index < -0.39 is 0 Å². The van der Waals surface area contributed by atoms with Crippen LogP contribution in [0.5, 0.6) is 0 Å². The molecule has 1 aromatic carbocycles. The highest BCUT2D eigenvalue weighted by atomic mass is 16.2. The lowest BCUT2D eigenvalue weighted by molar-refractivity contribution is 0.170. The third kappa shape index (κ3) is 4.72. The number of anilines is 1. The predicted octanol–water partition coefficient (Wildman–Crippen LogP) is 3.51. The van der Waals surface area contributed by atoms with Crippen LogP contribution in [0, 0.1) is 22.7 Å². The van der Waals surface area contributed by atoms with Crippen molar-refractivity contribution >= 4 is 24.1 Å². The van der Waals surface area contributed by atoms with E-state index in [4.69, 9.17) is 10.8 Å². The SMILES string of the molecule is CC(C)CNC(=O)N1CCC(CN2CCc3cc(C(C=N)C=N)ccc32)CC1. The van der Waals surface area contributed by atoms with E-state index in [0.717, 1.165) is 57.5 Å². The largest absolute Gasteiger partial charge is 0.371 e. The fraction of sp³-hybridized carbons (Fsp3) is 0.591. The first-order chi connectivity index (χ1) is 13.5. The van der Waals surface area contributed by atoms with Crippen LogP contribution in [0.1, 0.15) is 43.7 Å². The summed E-state index contributed by atoms with van der Waals surface area (Å²) in [7, 11) is 0. The average molecular weight is 384 g/mol. The molecule has 1 saturated heterocycles. The highest BCUT2D eigenvalue weighted by molar-refractivity contribution is 5.88. The zero-order valence-electron chi connectivity index (χ0n) is 17.1. The molecule has 2 aliphatic rings. The molecule has 2 amide bonds. The summed E-state index contributed by atoms with van der Waals surface area (Å²) in [4.78, 5) is 16.7. The second kappa shape index (κ2) is 9.22. The summed E-state index contributed by atoms with van der Waals surface area (Å²) < 4.78 is 0. The van der Waals surface area contributed by atoms with Crippen LogP contribution < -0.4 is 10.2 Å². The van der Waals surface area contributed by atoms with Gasteiger partial charge in [0.1, 0.15) is 0 Å². The normalized spacial score (nSPS) is 18.1. The maximum absolute atomic E-state index is 12.2. The van der Waals surface area contributed by atoms with Gasteiger partial charge in [-0.05, 0) is 48.3 Å². The van der Waals surface area contributed by atoms with Crippen molar-refractivity contribution in [3.63, 3.8) is 0 Å². The van der Waals surface area contributed by atoms with Crippen molar-refractivity contribution in [2.75, 3.05) is 37.6 Å². The highest BCUT2D eigenvalue weighted by Crippen LogP contribution is 2.32. The Hall–Kier alpha value is -2.37. The van der Waals surface area contributed by atoms with Crippen LogP contribution in [-0.2, 0) is 6.42 Å². The maximum atomic E-state index is 12.2. The lowest BCUT2D eigenvalue weighted by atomic mass is 9.96. The van der Waals surface area contributed by atoms with Gasteiger partial charge in [-0.2, -0.15) is 0 Å². The van der Waals surface area contributed by atoms with Crippen molar-refractivity contribution in [2.45, 2.75) is 39.0 Å². The minimum Gasteiger partial charge on any atom is -0.371 e. The van der Waals surface area contributed by atoms with Gasteiger partial charge in [-0.3, -0.25) is 0 Å². The Morgan fingerprint density at radius 1 is 1.21 bits per heavy atom. The number of hydrogen-bond donors (Lipinski definition) is 3. The molecule has 0 aromatic heterocycles. The summed E-state index contributed by atoms with van der Waals surface area (Å²) in [6.07, 6.45) is 5.80. The maximum Gasteiger partial charge on any atom is 0.317 e. The third-order valence-electron chi connectivity index (χ3n) is 5.88. The highest BCUT2D eigenvalue weighted by Gasteiger charge is 2.27. The first-order valence-corrected chi connectivity index (χ1v) is 10.4. The molecule has 1 fully saturated rings. The molecule has 0 bridgehead atoms. The summed E-state index contributed by atoms with van der Waals surface area (Å²) >= 11 is 0. The Morgan fingerprint density at radius 3 is 2.57 bits per heavy atom. The van der Waals surface area contributed by atoms with Gasteiger partial charge < -0.3 is 25.9 Å². The molecule has 28 heavy (non-hydrogen) atoms. The van der Waals surface area contributed by atoms with Crippen LogP contribution in [0.3, 0.4) is 0 Å². The predicted molar refractivity (Wildman–Crippen MR) is 115 cm³/mol. The number of amides is 2. The van der Waals surface area contributed by atoms with Gasteiger partial charge in [-0.15, -0.1) is 0 Å². The zero-order chi connectivity index (χ0) is 20.1. The van der Waals surface area contributed by atoms with E-state index in [9.17, 15) is 4.79 Å². The topological polar surface area (TPSA) is 83.3 Å². The number of carbonyl (C=O) groups is 1. The molecule has 1 aromatic rings. The molecule has 0 atom stereocenters. The Labute approximate surface area is 168 Å². The standard InChI is InChI=1S/C22H33N5O/c1-16(2)14-25-22(28)26-8-5-17(6-9-26)15-27-10-7-19-11-18(3-4-21(19)27)20(12-23)13-24/h3-4,11-13,16-17,20,23-24H,5-10,14-15H2,1-2H3,(H,25,28). The van der Waals surface area contributed by atoms with Crippen molar-refractivity contribution in [1.82, 2.24) is 10.2 Å². The number of piperidine rings is 1. The van der Waals surface area contributed by atoms with Gasteiger partial charge in [0.15, 0.2) is 0 Å². The van der Waals surface area contributed by atoms with Gasteiger partial charge in [-0.25, -0.2) is 4.79 Å². The monoisotopic (exact) mass is 383 g/mol. The van der Waals surface area contributed by atoms with E-state index in [1.165, 1.54) is 23.7 Å². The number of benzene rings is 1. The number of likely N-dealkylation sites (tertiary alicyclic amines) is 1. The number of carbonyl (C=O) groups excluding carboxylic acids is 1. The second-order valence-electron chi connectivity index (χ2n) is 8.45. The fourth-order valence-corrected chi connectivity index (χ4v) is 4.16. The molecule has 0 aliphatic carbocycles. The molecule has 0 radical (unpaired) electrons. The average Bonchev–Trinajstić information content (AvgIpc) is 3.10. The smallest absolute Gasteiger partial charge is 0.317 e. The van der Waals surface area contributed by atoms with Gasteiger partial charge >= 0.3 is 6.03 Å². The summed E-state index contributed by atoms with van der Waals surface area (Å²) in [5, 5.41) is 18.0. The number of fused-ring (bicyclic) bond motifs is 1. The van der Waals surface area contributed by atoms with Crippen LogP contribution >= 0.6 is 0 Å². The van der Waals surface area contributed by atoms with Crippen molar-refractivity contribution in [3.8, 4) is 0 Å². The number of rotatable bonds is 7. The molecule has 0 spiro atoms. The zero-order valence-corrected chi connectivity index (χ0v) is 17.1. The summed E-state index contributed by atoms with van der Waals surface area (Å²) in [5.41, 5.74) is 3.66. The van der Waals surface area contributed by atoms with Gasteiger partial charge in [0.2, 0.25) is 0 Å². The van der Waals surface area contributed by atoms with E-state index in [1.807, 2.05) is 4.90 Å². The number of hydrogen-bond acceptors (Lipinski definition) is 4. The van der Waals surface area contributed by atoms with Crippen LogP contribution in [0.2, 0.25) is 0 Å². The number of urea groups is 1. The van der Waals surface area contributed by atoms with Crippen LogP contribution in [-0.4, -0.2) is 56.1 Å². The molecule has 6 nitrogen and oxygen atoms in total. The minimum atomic E-state index is -0.217. The van der Waals surface area contributed by atoms with E-state index >= 15 is 0 Å². The quantitative estimate of drug-likeness (QED) is 0.630. The molecule has 3 rings (SSSR count). The molecule has 6 heteroatoms. The van der Waals surface area contributed by atoms with E-state index in [-0.39, 0.29) is 11.9 Å². The Kier molecular flexibility index (Phi) is 6.70. The Morgan fingerprint density at radius 2 is 1.93 bits per heavy atom. The van der Waals surface area contributed by atoms with Gasteiger partial charge in [0.25, 0.3) is 0 Å². The molecule has 152 valence electrons. The molecule has 2 heterocycles. The van der Waals surface area contributed by atoms with E-state index in [1.54, 1.807) is 0 Å². The fourth-order valence-electron chi connectivity index (χ4n) is 4.16. The molecule has 3 N–H and O–H groups in total. The molecule has 0 saturated carbocycles. The minimum absolute atomic E-state index is 0.0816. The van der Waals surface area contributed by atoms with Crippen LogP contribution in [0.4, 0.5) is 10.5 Å². The lowest BCUT2D eigenvalue weighted by Crippen LogP contribution is -2.46. The number of nitrogens with one attached hydrogen (secondary N) is 3. The van der Waals surface area contributed by atoms with Crippen molar-refractivity contribution in [1.29, 1.82) is 10.8 Å². The Balaban J connectivity index is 1.53. The first-order valence-electron chi connectivity index (χ1n) is 10.4. The first kappa shape index (κ1) is 20.4. The summed E-state index contributed by atoms with van der Waals surface area (Å²) in [6.45, 7) is 8.73. The van der Waals surface area contributed by atoms with E-state index in [2.05, 4.69) is 42.3 Å². The molecular weight excluding hydrogens is 350 g/mol. The third-order valence-corrected chi connectivity index (χ3v) is 5.88. The second-order valence-corrected chi connectivity index (χ2v) is 8.45. The van der Waals surface area contributed by atoms with Gasteiger partial charge in [0.05, 0.1) is 5.92 Å². The molecule has 2 aliphatic heterocycles. The van der Waals surface area contributed by atoms with Crippen LogP contribution in [0.25, 0.3) is 0 Å². The van der Waals surface area contributed by atoms with Gasteiger partial charge in [-0.1, -0.05) is 26.0 Å². The van der Waals surface area contributed by atoms with E-state index in [0.29, 0.717) is 11.8 Å². The lowest BCUT2D eigenvalue weighted by Gasteiger charge is -2.34. The summed E-state index contributed by atoms with van der Waals surface area (Å²) in [6, 6.07) is 6.46.